The Morgan fingerprint density at radius 1 is 1.15 bits per heavy atom. The summed E-state index contributed by atoms with van der Waals surface area (Å²) in [6, 6.07) is 7.62. The first-order chi connectivity index (χ1) is 9.78. The molecule has 1 aliphatic heterocycles. The Morgan fingerprint density at radius 3 is 2.65 bits per heavy atom. The van der Waals surface area contributed by atoms with Crippen LogP contribution in [0.3, 0.4) is 0 Å². The number of allylic oxidation sites excluding steroid dienone is 3. The van der Waals surface area contributed by atoms with E-state index in [2.05, 4.69) is 0 Å². The molecule has 20 heavy (non-hydrogen) atoms. The van der Waals surface area contributed by atoms with Gasteiger partial charge in [0.2, 0.25) is 0 Å². The van der Waals surface area contributed by atoms with Crippen LogP contribution in [0.15, 0.2) is 53.3 Å². The molecule has 0 bridgehead atoms. The third-order valence-electron chi connectivity index (χ3n) is 3.49. The summed E-state index contributed by atoms with van der Waals surface area (Å²) in [6.07, 6.45) is 7.71. The molecule has 0 aromatic heterocycles. The van der Waals surface area contributed by atoms with Gasteiger partial charge in [-0.05, 0) is 42.7 Å². The molecule has 2 aliphatic rings. The van der Waals surface area contributed by atoms with Gasteiger partial charge in [0.15, 0.2) is 5.78 Å². The molecule has 0 amide bonds. The predicted octanol–water partition coefficient (Wildman–Crippen LogP) is 3.28. The molecule has 3 rings (SSSR count). The lowest BCUT2D eigenvalue weighted by Crippen LogP contribution is -2.21. The summed E-state index contributed by atoms with van der Waals surface area (Å²) in [6.45, 7) is 0.341. The van der Waals surface area contributed by atoms with Gasteiger partial charge >= 0.3 is 0 Å². The molecule has 1 aromatic rings. The van der Waals surface area contributed by atoms with E-state index in [9.17, 15) is 4.79 Å². The first kappa shape index (κ1) is 12.7. The number of benzene rings is 1. The fraction of sp³-hybridized carbons (Fsp3) is 0.235. The average Bonchev–Trinajstić information content (AvgIpc) is 2.51. The van der Waals surface area contributed by atoms with Crippen LogP contribution in [0.2, 0.25) is 0 Å². The minimum absolute atomic E-state index is 0.0815. The number of fused-ring (bicyclic) bond motifs is 1. The molecule has 102 valence electrons. The van der Waals surface area contributed by atoms with Crippen LogP contribution in [-0.2, 0) is 9.53 Å². The SMILES string of the molecule is COc1ccc(/C=C2\COC3=CCCC=C3C2=O)cc1. The zero-order chi connectivity index (χ0) is 13.9. The second-order valence-electron chi connectivity index (χ2n) is 4.82. The van der Waals surface area contributed by atoms with Gasteiger partial charge in [0.25, 0.3) is 0 Å². The van der Waals surface area contributed by atoms with Crippen LogP contribution in [0, 0.1) is 0 Å². The molecular weight excluding hydrogens is 252 g/mol. The Labute approximate surface area is 118 Å². The monoisotopic (exact) mass is 268 g/mol. The topological polar surface area (TPSA) is 35.5 Å². The van der Waals surface area contributed by atoms with E-state index in [0.717, 1.165) is 29.9 Å². The minimum Gasteiger partial charge on any atom is -0.497 e. The van der Waals surface area contributed by atoms with Gasteiger partial charge in [-0.15, -0.1) is 0 Å². The summed E-state index contributed by atoms with van der Waals surface area (Å²) in [5.41, 5.74) is 2.38. The van der Waals surface area contributed by atoms with Gasteiger partial charge in [-0.2, -0.15) is 0 Å². The van der Waals surface area contributed by atoms with Crippen LogP contribution >= 0.6 is 0 Å². The fourth-order valence-corrected chi connectivity index (χ4v) is 2.40. The Bertz CT molecular complexity index is 618. The van der Waals surface area contributed by atoms with Crippen molar-refractivity contribution in [3.8, 4) is 5.75 Å². The van der Waals surface area contributed by atoms with Crippen LogP contribution in [0.5, 0.6) is 5.75 Å². The highest BCUT2D eigenvalue weighted by Gasteiger charge is 2.26. The highest BCUT2D eigenvalue weighted by molar-refractivity contribution is 6.14. The van der Waals surface area contributed by atoms with Gasteiger partial charge in [-0.1, -0.05) is 18.2 Å². The second-order valence-corrected chi connectivity index (χ2v) is 4.82. The van der Waals surface area contributed by atoms with Crippen molar-refractivity contribution in [2.24, 2.45) is 0 Å². The molecule has 1 saturated heterocycles. The molecule has 1 aromatic carbocycles. The van der Waals surface area contributed by atoms with Gasteiger partial charge in [-0.3, -0.25) is 4.79 Å². The van der Waals surface area contributed by atoms with Gasteiger partial charge in [-0.25, -0.2) is 0 Å². The Balaban J connectivity index is 1.86. The summed E-state index contributed by atoms with van der Waals surface area (Å²) < 4.78 is 10.8. The predicted molar refractivity (Wildman–Crippen MR) is 77.3 cm³/mol. The van der Waals surface area contributed by atoms with Crippen LogP contribution in [0.25, 0.3) is 6.08 Å². The lowest BCUT2D eigenvalue weighted by atomic mass is 9.93. The number of carbonyl (C=O) groups excluding carboxylic acids is 1. The lowest BCUT2D eigenvalue weighted by Gasteiger charge is -2.23. The van der Waals surface area contributed by atoms with Crippen molar-refractivity contribution in [3.05, 3.63) is 58.9 Å². The Kier molecular flexibility index (Phi) is 3.42. The number of carbonyl (C=O) groups is 1. The molecule has 1 aliphatic carbocycles. The zero-order valence-electron chi connectivity index (χ0n) is 11.4. The number of Topliss-reactive ketones (excluding diaryl/α,β-unsaturated/α-hetero) is 1. The van der Waals surface area contributed by atoms with E-state index in [4.69, 9.17) is 9.47 Å². The standard InChI is InChI=1S/C17H16O3/c1-19-14-8-6-12(7-9-14)10-13-11-20-16-5-3-2-4-15(16)17(13)18/h4-10H,2-3,11H2,1H3/b13-10+. The fourth-order valence-electron chi connectivity index (χ4n) is 2.40. The first-order valence-corrected chi connectivity index (χ1v) is 6.71. The van der Waals surface area contributed by atoms with Crippen molar-refractivity contribution in [3.63, 3.8) is 0 Å². The van der Waals surface area contributed by atoms with Crippen LogP contribution in [0.4, 0.5) is 0 Å². The normalized spacial score (nSPS) is 19.9. The molecule has 1 heterocycles. The third-order valence-corrected chi connectivity index (χ3v) is 3.49. The number of hydrogen-bond acceptors (Lipinski definition) is 3. The molecule has 3 heteroatoms. The van der Waals surface area contributed by atoms with E-state index >= 15 is 0 Å². The number of hydrogen-bond donors (Lipinski definition) is 0. The highest BCUT2D eigenvalue weighted by Crippen LogP contribution is 2.29. The minimum atomic E-state index is 0.0815. The van der Waals surface area contributed by atoms with Crippen molar-refractivity contribution in [2.75, 3.05) is 13.7 Å². The van der Waals surface area contributed by atoms with Crippen molar-refractivity contribution < 1.29 is 14.3 Å². The molecule has 0 spiro atoms. The quantitative estimate of drug-likeness (QED) is 0.772. The number of rotatable bonds is 2. The molecule has 0 saturated carbocycles. The van der Waals surface area contributed by atoms with Crippen LogP contribution in [-0.4, -0.2) is 19.5 Å². The number of ketones is 1. The van der Waals surface area contributed by atoms with E-state index < -0.39 is 0 Å². The third kappa shape index (κ3) is 2.39. The molecule has 0 atom stereocenters. The maximum Gasteiger partial charge on any atom is 0.195 e. The van der Waals surface area contributed by atoms with E-state index in [1.54, 1.807) is 7.11 Å². The van der Waals surface area contributed by atoms with Crippen LogP contribution in [0.1, 0.15) is 18.4 Å². The van der Waals surface area contributed by atoms with E-state index in [1.807, 2.05) is 42.5 Å². The van der Waals surface area contributed by atoms with E-state index in [1.165, 1.54) is 0 Å². The number of methoxy groups -OCH3 is 1. The average molecular weight is 268 g/mol. The van der Waals surface area contributed by atoms with Gasteiger partial charge < -0.3 is 9.47 Å². The largest absolute Gasteiger partial charge is 0.497 e. The smallest absolute Gasteiger partial charge is 0.195 e. The zero-order valence-corrected chi connectivity index (χ0v) is 11.4. The van der Waals surface area contributed by atoms with Gasteiger partial charge in [0.1, 0.15) is 18.1 Å². The molecule has 0 radical (unpaired) electrons. The van der Waals surface area contributed by atoms with Crippen LogP contribution < -0.4 is 4.74 Å². The van der Waals surface area contributed by atoms with Crippen molar-refractivity contribution >= 4 is 11.9 Å². The summed E-state index contributed by atoms with van der Waals surface area (Å²) in [7, 11) is 1.63. The van der Waals surface area contributed by atoms with E-state index in [-0.39, 0.29) is 5.78 Å². The summed E-state index contributed by atoms with van der Waals surface area (Å²) in [5, 5.41) is 0. The van der Waals surface area contributed by atoms with Gasteiger partial charge in [0.05, 0.1) is 12.7 Å². The number of ether oxygens (including phenoxy) is 2. The molecule has 0 N–H and O–H groups in total. The maximum atomic E-state index is 12.4. The summed E-state index contributed by atoms with van der Waals surface area (Å²) >= 11 is 0. The molecule has 3 nitrogen and oxygen atoms in total. The van der Waals surface area contributed by atoms with Crippen molar-refractivity contribution in [2.45, 2.75) is 12.8 Å². The Hall–Kier alpha value is -2.29. The molecule has 1 fully saturated rings. The van der Waals surface area contributed by atoms with Crippen molar-refractivity contribution in [1.82, 2.24) is 0 Å². The lowest BCUT2D eigenvalue weighted by molar-refractivity contribution is -0.113. The molecule has 0 unspecified atom stereocenters. The second kappa shape index (κ2) is 5.37. The Morgan fingerprint density at radius 2 is 1.90 bits per heavy atom. The first-order valence-electron chi connectivity index (χ1n) is 6.71. The van der Waals surface area contributed by atoms with Crippen molar-refractivity contribution in [1.29, 1.82) is 0 Å². The van der Waals surface area contributed by atoms with E-state index in [0.29, 0.717) is 17.8 Å². The molecular formula is C17H16O3. The maximum absolute atomic E-state index is 12.4. The summed E-state index contributed by atoms with van der Waals surface area (Å²) in [5.74, 6) is 1.63. The van der Waals surface area contributed by atoms with Gasteiger partial charge in [0, 0.05) is 5.57 Å². The summed E-state index contributed by atoms with van der Waals surface area (Å²) in [4.78, 5) is 12.4. The highest BCUT2D eigenvalue weighted by atomic mass is 16.5.